The van der Waals surface area contributed by atoms with Crippen LogP contribution >= 0.6 is 0 Å². The van der Waals surface area contributed by atoms with E-state index in [1.165, 1.54) is 18.2 Å². The minimum absolute atomic E-state index is 0.184. The third-order valence-corrected chi connectivity index (χ3v) is 5.05. The Hall–Kier alpha value is -3.08. The van der Waals surface area contributed by atoms with Crippen LogP contribution in [0.2, 0.25) is 0 Å². The summed E-state index contributed by atoms with van der Waals surface area (Å²) in [4.78, 5) is 15.0. The van der Waals surface area contributed by atoms with Gasteiger partial charge in [0.05, 0.1) is 6.10 Å². The van der Waals surface area contributed by atoms with Gasteiger partial charge in [0.2, 0.25) is 5.52 Å². The van der Waals surface area contributed by atoms with Crippen LogP contribution in [0.25, 0.3) is 11.2 Å². The third-order valence-electron chi connectivity index (χ3n) is 5.05. The summed E-state index contributed by atoms with van der Waals surface area (Å²) in [7, 11) is 0. The maximum Gasteiger partial charge on any atom is 0.573 e. The predicted molar refractivity (Wildman–Crippen MR) is 103 cm³/mol. The first kappa shape index (κ1) is 20.2. The molecule has 0 unspecified atom stereocenters. The van der Waals surface area contributed by atoms with Crippen molar-refractivity contribution >= 4 is 28.6 Å². The van der Waals surface area contributed by atoms with E-state index in [9.17, 15) is 18.3 Å². The molecule has 1 aliphatic rings. The van der Waals surface area contributed by atoms with Crippen molar-refractivity contribution < 1.29 is 28.0 Å². The van der Waals surface area contributed by atoms with E-state index in [0.717, 1.165) is 31.2 Å². The molecule has 0 saturated heterocycles. The molecule has 0 aliphatic heterocycles. The molecule has 0 radical (unpaired) electrons. The maximum atomic E-state index is 12.4. The van der Waals surface area contributed by atoms with Crippen LogP contribution in [0.5, 0.6) is 5.75 Å². The first-order chi connectivity index (χ1) is 14.3. The molecule has 0 bridgehead atoms. The summed E-state index contributed by atoms with van der Waals surface area (Å²) in [6.45, 7) is 1.67. The van der Waals surface area contributed by atoms with Gasteiger partial charge in [0.15, 0.2) is 12.1 Å². The Labute approximate surface area is 169 Å². The van der Waals surface area contributed by atoms with Crippen molar-refractivity contribution in [2.75, 3.05) is 10.6 Å². The molecule has 1 aliphatic carbocycles. The van der Waals surface area contributed by atoms with Crippen molar-refractivity contribution in [3.8, 4) is 5.75 Å². The number of ether oxygens (including phenoxy) is 1. The summed E-state index contributed by atoms with van der Waals surface area (Å²) >= 11 is 0. The monoisotopic (exact) mass is 423 g/mol. The number of fused-ring (bicyclic) bond motifs is 1. The van der Waals surface area contributed by atoms with Crippen molar-refractivity contribution in [2.24, 2.45) is 0 Å². The van der Waals surface area contributed by atoms with Gasteiger partial charge >= 0.3 is 18.0 Å². The molecule has 0 atom stereocenters. The highest BCUT2D eigenvalue weighted by Gasteiger charge is 2.31. The number of rotatable bonds is 5. The quantitative estimate of drug-likeness (QED) is 0.501. The number of imidazole rings is 1. The fraction of sp³-hybridized carbons (Fsp3) is 0.421. The molecule has 8 nitrogen and oxygen atoms in total. The largest absolute Gasteiger partial charge is 0.573 e. The van der Waals surface area contributed by atoms with Gasteiger partial charge < -0.3 is 20.5 Å². The van der Waals surface area contributed by atoms with E-state index in [-0.39, 0.29) is 17.9 Å². The number of aromatic nitrogens is 4. The van der Waals surface area contributed by atoms with E-state index >= 15 is 0 Å². The minimum Gasteiger partial charge on any atom is -0.406 e. The number of nitrogens with one attached hydrogen (secondary N) is 4. The molecule has 30 heavy (non-hydrogen) atoms. The van der Waals surface area contributed by atoms with Gasteiger partial charge in [-0.2, -0.15) is 4.98 Å². The smallest absolute Gasteiger partial charge is 0.406 e. The van der Waals surface area contributed by atoms with E-state index in [1.807, 2.05) is 0 Å². The Morgan fingerprint density at radius 3 is 2.67 bits per heavy atom. The number of alkyl halides is 3. The molecule has 160 valence electrons. The van der Waals surface area contributed by atoms with Gasteiger partial charge in [0, 0.05) is 11.7 Å². The van der Waals surface area contributed by atoms with E-state index in [4.69, 9.17) is 0 Å². The van der Waals surface area contributed by atoms with Crippen LogP contribution < -0.4 is 20.4 Å². The van der Waals surface area contributed by atoms with Crippen LogP contribution in [0.1, 0.15) is 31.2 Å². The van der Waals surface area contributed by atoms with Crippen LogP contribution in [-0.4, -0.2) is 38.6 Å². The van der Waals surface area contributed by atoms with Gasteiger partial charge in [0.25, 0.3) is 0 Å². The fourth-order valence-electron chi connectivity index (χ4n) is 3.55. The Bertz CT molecular complexity index is 1030. The number of hydrogen-bond acceptors (Lipinski definition) is 6. The molecule has 11 heteroatoms. The Morgan fingerprint density at radius 1 is 1.20 bits per heavy atom. The number of aromatic amines is 2. The highest BCUT2D eigenvalue weighted by molar-refractivity contribution is 5.82. The number of H-pyrrole nitrogens is 2. The lowest BCUT2D eigenvalue weighted by Gasteiger charge is -2.26. The molecular formula is C19H22F3N6O2+. The number of hydrogen-bond donors (Lipinski definition) is 4. The Balaban J connectivity index is 1.56. The predicted octanol–water partition coefficient (Wildman–Crippen LogP) is 3.44. The maximum absolute atomic E-state index is 12.4. The molecule has 2 aromatic heterocycles. The molecule has 0 spiro atoms. The minimum atomic E-state index is -4.74. The molecule has 3 aromatic rings. The molecular weight excluding hydrogens is 401 g/mol. The molecule has 0 amide bonds. The van der Waals surface area contributed by atoms with Crippen LogP contribution in [0.4, 0.5) is 30.6 Å². The zero-order valence-corrected chi connectivity index (χ0v) is 16.2. The molecule has 5 N–H and O–H groups in total. The average Bonchev–Trinajstić information content (AvgIpc) is 3.13. The first-order valence-corrected chi connectivity index (χ1v) is 9.61. The second kappa shape index (κ2) is 7.98. The summed E-state index contributed by atoms with van der Waals surface area (Å²) in [5.41, 5.74) is 2.42. The summed E-state index contributed by atoms with van der Waals surface area (Å²) < 4.78 is 41.2. The lowest BCUT2D eigenvalue weighted by atomic mass is 9.93. The molecule has 4 rings (SSSR count). The SMILES string of the molecule is Cc1cc(OC(F)(F)F)ccc1Nc1nc(NC2CCC(O)CC2)c2[nH]c[nH+]c2n1. The van der Waals surface area contributed by atoms with Gasteiger partial charge in [-0.05, 0) is 56.4 Å². The van der Waals surface area contributed by atoms with Crippen molar-refractivity contribution in [2.45, 2.75) is 51.1 Å². The Kier molecular flexibility index (Phi) is 5.37. The topological polar surface area (TPSA) is 109 Å². The van der Waals surface area contributed by atoms with E-state index in [2.05, 4.69) is 35.3 Å². The number of anilines is 3. The van der Waals surface area contributed by atoms with Gasteiger partial charge in [-0.3, -0.25) is 4.98 Å². The number of aliphatic hydroxyl groups excluding tert-OH is 1. The van der Waals surface area contributed by atoms with Gasteiger partial charge in [0.1, 0.15) is 5.75 Å². The summed E-state index contributed by atoms with van der Waals surface area (Å²) in [5.74, 6) is 0.617. The first-order valence-electron chi connectivity index (χ1n) is 9.61. The van der Waals surface area contributed by atoms with E-state index in [1.54, 1.807) is 13.3 Å². The van der Waals surface area contributed by atoms with Crippen LogP contribution in [0.3, 0.4) is 0 Å². The average molecular weight is 423 g/mol. The van der Waals surface area contributed by atoms with E-state index in [0.29, 0.717) is 28.7 Å². The standard InChI is InChI=1S/C19H21F3N6O2/c1-10-8-13(30-19(20,21)22)6-7-14(10)26-18-27-16-15(23-9-24-16)17(28-18)25-11-2-4-12(29)5-3-11/h6-9,11-12,29H,2-5H2,1H3,(H3,23,24,25,26,27,28)/p+1. The number of benzene rings is 1. The van der Waals surface area contributed by atoms with Gasteiger partial charge in [-0.15, -0.1) is 13.2 Å². The van der Waals surface area contributed by atoms with Crippen LogP contribution in [-0.2, 0) is 0 Å². The highest BCUT2D eigenvalue weighted by atomic mass is 19.4. The van der Waals surface area contributed by atoms with Crippen molar-refractivity contribution in [1.82, 2.24) is 15.0 Å². The van der Waals surface area contributed by atoms with Gasteiger partial charge in [-0.1, -0.05) is 4.98 Å². The van der Waals surface area contributed by atoms with Crippen molar-refractivity contribution in [1.29, 1.82) is 0 Å². The molecule has 1 aromatic carbocycles. The zero-order valence-electron chi connectivity index (χ0n) is 16.2. The van der Waals surface area contributed by atoms with Crippen LogP contribution in [0.15, 0.2) is 24.5 Å². The van der Waals surface area contributed by atoms with Crippen molar-refractivity contribution in [3.63, 3.8) is 0 Å². The molecule has 2 heterocycles. The fourth-order valence-corrected chi connectivity index (χ4v) is 3.55. The Morgan fingerprint density at radius 2 is 1.97 bits per heavy atom. The lowest BCUT2D eigenvalue weighted by molar-refractivity contribution is -0.347. The van der Waals surface area contributed by atoms with Crippen molar-refractivity contribution in [3.05, 3.63) is 30.1 Å². The molecule has 1 saturated carbocycles. The second-order valence-electron chi connectivity index (χ2n) is 7.35. The number of halogens is 3. The van der Waals surface area contributed by atoms with E-state index < -0.39 is 6.36 Å². The normalized spacial score (nSPS) is 19.6. The van der Waals surface area contributed by atoms with Crippen LogP contribution in [0, 0.1) is 6.92 Å². The summed E-state index contributed by atoms with van der Waals surface area (Å²) in [6, 6.07) is 4.20. The number of nitrogens with zero attached hydrogens (tertiary/aromatic N) is 2. The second-order valence-corrected chi connectivity index (χ2v) is 7.35. The number of aryl methyl sites for hydroxylation is 1. The highest BCUT2D eigenvalue weighted by Crippen LogP contribution is 2.29. The summed E-state index contributed by atoms with van der Waals surface area (Å²) in [6.07, 6.45) is -0.210. The number of aliphatic hydroxyl groups is 1. The zero-order chi connectivity index (χ0) is 21.3. The molecule has 1 fully saturated rings. The lowest BCUT2D eigenvalue weighted by Crippen LogP contribution is -2.28. The van der Waals surface area contributed by atoms with Gasteiger partial charge in [-0.25, -0.2) is 4.98 Å². The third kappa shape index (κ3) is 4.73. The summed E-state index contributed by atoms with van der Waals surface area (Å²) in [5, 5.41) is 16.2.